The van der Waals surface area contributed by atoms with Crippen molar-refractivity contribution >= 4 is 16.9 Å². The van der Waals surface area contributed by atoms with Crippen molar-refractivity contribution in [3.63, 3.8) is 0 Å². The molecule has 1 aliphatic rings. The third-order valence-electron chi connectivity index (χ3n) is 3.43. The molecule has 1 unspecified atom stereocenters. The van der Waals surface area contributed by atoms with E-state index in [9.17, 15) is 14.3 Å². The van der Waals surface area contributed by atoms with Crippen LogP contribution in [0.1, 0.15) is 24.5 Å². The molecule has 0 radical (unpaired) electrons. The molecule has 1 aromatic carbocycles. The van der Waals surface area contributed by atoms with Gasteiger partial charge in [0.15, 0.2) is 0 Å². The van der Waals surface area contributed by atoms with Gasteiger partial charge in [0.1, 0.15) is 5.82 Å². The monoisotopic (exact) mass is 233 g/mol. The number of nitrogens with zero attached hydrogens (tertiary/aromatic N) is 1. The van der Waals surface area contributed by atoms with E-state index >= 15 is 0 Å². The van der Waals surface area contributed by atoms with E-state index in [1.54, 1.807) is 12.1 Å². The molecule has 1 N–H and O–H groups in total. The molecule has 0 fully saturated rings. The number of hydrogen-bond acceptors (Lipinski definition) is 1. The summed E-state index contributed by atoms with van der Waals surface area (Å²) in [4.78, 5) is 11.2. The van der Waals surface area contributed by atoms with Crippen molar-refractivity contribution in [1.82, 2.24) is 4.57 Å². The van der Waals surface area contributed by atoms with E-state index in [-0.39, 0.29) is 5.82 Å². The number of carbonyl (C=O) groups is 1. The number of carboxylic acids is 1. The predicted octanol–water partition coefficient (Wildman–Crippen LogP) is 2.74. The molecule has 0 saturated carbocycles. The first-order chi connectivity index (χ1) is 8.16. The molecule has 1 aromatic heterocycles. The Morgan fingerprint density at radius 3 is 3.00 bits per heavy atom. The zero-order valence-electron chi connectivity index (χ0n) is 9.19. The minimum absolute atomic E-state index is 0.285. The van der Waals surface area contributed by atoms with Crippen molar-refractivity contribution in [2.75, 3.05) is 0 Å². The summed E-state index contributed by atoms with van der Waals surface area (Å²) in [5.41, 5.74) is 1.72. The smallest absolute Gasteiger partial charge is 0.312 e. The number of aliphatic carboxylic acids is 1. The Kier molecular flexibility index (Phi) is 2.18. The summed E-state index contributed by atoms with van der Waals surface area (Å²) >= 11 is 0. The molecule has 17 heavy (non-hydrogen) atoms. The van der Waals surface area contributed by atoms with Gasteiger partial charge in [-0.05, 0) is 37.1 Å². The molecule has 0 bridgehead atoms. The maximum atomic E-state index is 13.1. The molecule has 2 heterocycles. The highest BCUT2D eigenvalue weighted by molar-refractivity contribution is 5.85. The maximum absolute atomic E-state index is 13.1. The Balaban J connectivity index is 2.24. The van der Waals surface area contributed by atoms with Crippen LogP contribution in [-0.4, -0.2) is 15.6 Å². The topological polar surface area (TPSA) is 42.2 Å². The summed E-state index contributed by atoms with van der Waals surface area (Å²) in [6.45, 7) is 0.814. The fourth-order valence-corrected chi connectivity index (χ4v) is 2.65. The van der Waals surface area contributed by atoms with E-state index in [0.29, 0.717) is 6.42 Å². The molecule has 4 heteroatoms. The zero-order valence-corrected chi connectivity index (χ0v) is 9.19. The molecule has 0 saturated heterocycles. The van der Waals surface area contributed by atoms with Gasteiger partial charge in [-0.2, -0.15) is 0 Å². The number of aryl methyl sites for hydroxylation is 1. The van der Waals surface area contributed by atoms with Crippen molar-refractivity contribution in [2.45, 2.75) is 25.3 Å². The van der Waals surface area contributed by atoms with Gasteiger partial charge in [0.05, 0.1) is 5.92 Å². The number of fused-ring (bicyclic) bond motifs is 3. The number of rotatable bonds is 1. The van der Waals surface area contributed by atoms with Crippen molar-refractivity contribution in [1.29, 1.82) is 0 Å². The summed E-state index contributed by atoms with van der Waals surface area (Å²) in [7, 11) is 0. The highest BCUT2D eigenvalue weighted by Crippen LogP contribution is 2.33. The highest BCUT2D eigenvalue weighted by Gasteiger charge is 2.27. The lowest BCUT2D eigenvalue weighted by molar-refractivity contribution is -0.139. The molecular weight excluding hydrogens is 221 g/mol. The number of hydrogen-bond donors (Lipinski definition) is 1. The SMILES string of the molecule is O=C(O)C1CCCn2c1cc1cc(F)ccc12. The van der Waals surface area contributed by atoms with Gasteiger partial charge in [-0.25, -0.2) is 4.39 Å². The third kappa shape index (κ3) is 1.52. The van der Waals surface area contributed by atoms with Crippen LogP contribution in [0.5, 0.6) is 0 Å². The molecule has 0 aliphatic carbocycles. The van der Waals surface area contributed by atoms with Crippen LogP contribution in [0.25, 0.3) is 10.9 Å². The quantitative estimate of drug-likeness (QED) is 0.822. The first-order valence-corrected chi connectivity index (χ1v) is 5.68. The maximum Gasteiger partial charge on any atom is 0.312 e. The Morgan fingerprint density at radius 2 is 2.24 bits per heavy atom. The van der Waals surface area contributed by atoms with Gasteiger partial charge < -0.3 is 9.67 Å². The van der Waals surface area contributed by atoms with E-state index < -0.39 is 11.9 Å². The molecular formula is C13H12FNO2. The average Bonchev–Trinajstić information content (AvgIpc) is 2.65. The van der Waals surface area contributed by atoms with Gasteiger partial charge in [-0.3, -0.25) is 4.79 Å². The number of aromatic nitrogens is 1. The van der Waals surface area contributed by atoms with Crippen molar-refractivity contribution < 1.29 is 14.3 Å². The fourth-order valence-electron chi connectivity index (χ4n) is 2.65. The normalized spacial score (nSPS) is 19.2. The fraction of sp³-hybridized carbons (Fsp3) is 0.308. The molecule has 2 aromatic rings. The molecule has 1 atom stereocenters. The number of halogens is 1. The summed E-state index contributed by atoms with van der Waals surface area (Å²) in [6.07, 6.45) is 1.51. The standard InChI is InChI=1S/C13H12FNO2/c14-9-3-4-11-8(6-9)7-12-10(13(16)17)2-1-5-15(11)12/h3-4,6-7,10H,1-2,5H2,(H,16,17). The molecule has 0 spiro atoms. The van der Waals surface area contributed by atoms with Crippen LogP contribution in [-0.2, 0) is 11.3 Å². The summed E-state index contributed by atoms with van der Waals surface area (Å²) in [5, 5.41) is 9.96. The van der Waals surface area contributed by atoms with Crippen LogP contribution in [0.3, 0.4) is 0 Å². The van der Waals surface area contributed by atoms with Crippen LogP contribution in [0.4, 0.5) is 4.39 Å². The van der Waals surface area contributed by atoms with Crippen LogP contribution in [0.2, 0.25) is 0 Å². The van der Waals surface area contributed by atoms with Crippen LogP contribution < -0.4 is 0 Å². The Bertz CT molecular complexity index is 603. The van der Waals surface area contributed by atoms with Gasteiger partial charge in [0, 0.05) is 23.1 Å². The predicted molar refractivity (Wildman–Crippen MR) is 61.5 cm³/mol. The highest BCUT2D eigenvalue weighted by atomic mass is 19.1. The Labute approximate surface area is 97.5 Å². The minimum atomic E-state index is -0.797. The summed E-state index contributed by atoms with van der Waals surface area (Å²) in [5.74, 6) is -1.54. The van der Waals surface area contributed by atoms with E-state index in [0.717, 1.165) is 29.6 Å². The lowest BCUT2D eigenvalue weighted by Gasteiger charge is -2.22. The van der Waals surface area contributed by atoms with E-state index in [1.165, 1.54) is 12.1 Å². The van der Waals surface area contributed by atoms with E-state index in [4.69, 9.17) is 0 Å². The second-order valence-electron chi connectivity index (χ2n) is 4.46. The molecule has 1 aliphatic heterocycles. The van der Waals surface area contributed by atoms with E-state index in [2.05, 4.69) is 0 Å². The van der Waals surface area contributed by atoms with Crippen molar-refractivity contribution in [3.8, 4) is 0 Å². The summed E-state index contributed by atoms with van der Waals surface area (Å²) in [6, 6.07) is 6.40. The summed E-state index contributed by atoms with van der Waals surface area (Å²) < 4.78 is 15.1. The first kappa shape index (κ1) is 10.3. The molecule has 0 amide bonds. The van der Waals surface area contributed by atoms with Gasteiger partial charge in [-0.15, -0.1) is 0 Å². The largest absolute Gasteiger partial charge is 0.481 e. The molecule has 3 nitrogen and oxygen atoms in total. The number of benzene rings is 1. The molecule has 88 valence electrons. The Morgan fingerprint density at radius 1 is 1.41 bits per heavy atom. The molecule has 3 rings (SSSR count). The lowest BCUT2D eigenvalue weighted by atomic mass is 9.96. The van der Waals surface area contributed by atoms with Gasteiger partial charge in [-0.1, -0.05) is 0 Å². The minimum Gasteiger partial charge on any atom is -0.481 e. The van der Waals surface area contributed by atoms with Gasteiger partial charge in [0.25, 0.3) is 0 Å². The zero-order chi connectivity index (χ0) is 12.0. The van der Waals surface area contributed by atoms with Gasteiger partial charge >= 0.3 is 5.97 Å². The Hall–Kier alpha value is -1.84. The van der Waals surface area contributed by atoms with Gasteiger partial charge in [0.2, 0.25) is 0 Å². The third-order valence-corrected chi connectivity index (χ3v) is 3.43. The average molecular weight is 233 g/mol. The van der Waals surface area contributed by atoms with Crippen LogP contribution in [0.15, 0.2) is 24.3 Å². The second-order valence-corrected chi connectivity index (χ2v) is 4.46. The van der Waals surface area contributed by atoms with Crippen molar-refractivity contribution in [3.05, 3.63) is 35.8 Å². The van der Waals surface area contributed by atoms with Crippen LogP contribution in [0, 0.1) is 5.82 Å². The lowest BCUT2D eigenvalue weighted by Crippen LogP contribution is -2.21. The first-order valence-electron chi connectivity index (χ1n) is 5.68. The van der Waals surface area contributed by atoms with Crippen LogP contribution >= 0.6 is 0 Å². The van der Waals surface area contributed by atoms with Crippen molar-refractivity contribution in [2.24, 2.45) is 0 Å². The second kappa shape index (κ2) is 3.58. The van der Waals surface area contributed by atoms with E-state index in [1.807, 2.05) is 4.57 Å². The number of carboxylic acid groups (broad SMARTS) is 1.